The van der Waals surface area contributed by atoms with Gasteiger partial charge in [0.25, 0.3) is 0 Å². The van der Waals surface area contributed by atoms with Gasteiger partial charge in [0.05, 0.1) is 0 Å². The van der Waals surface area contributed by atoms with Crippen molar-refractivity contribution in [3.63, 3.8) is 0 Å². The Morgan fingerprint density at radius 3 is 2.72 bits per heavy atom. The maximum atomic E-state index is 12.7. The van der Waals surface area contributed by atoms with E-state index in [1.807, 2.05) is 36.4 Å². The van der Waals surface area contributed by atoms with E-state index in [0.717, 1.165) is 17.7 Å². The zero-order chi connectivity index (χ0) is 17.8. The first kappa shape index (κ1) is 17.0. The lowest BCUT2D eigenvalue weighted by Gasteiger charge is -2.25. The van der Waals surface area contributed by atoms with E-state index < -0.39 is 6.04 Å². The van der Waals surface area contributed by atoms with Crippen LogP contribution < -0.4 is 10.2 Å². The molecule has 1 unspecified atom stereocenters. The molecule has 1 atom stereocenters. The molecule has 1 aromatic heterocycles. The summed E-state index contributed by atoms with van der Waals surface area (Å²) >= 11 is 0. The molecule has 3 amide bonds. The number of anilines is 1. The van der Waals surface area contributed by atoms with Crippen LogP contribution in [0.15, 0.2) is 48.8 Å². The van der Waals surface area contributed by atoms with Crippen LogP contribution in [0.5, 0.6) is 0 Å². The lowest BCUT2D eigenvalue weighted by Crippen LogP contribution is -2.49. The van der Waals surface area contributed by atoms with Crippen LogP contribution in [0, 0.1) is 0 Å². The summed E-state index contributed by atoms with van der Waals surface area (Å²) in [5, 5.41) is 2.79. The molecule has 0 spiro atoms. The van der Waals surface area contributed by atoms with Crippen molar-refractivity contribution in [1.29, 1.82) is 0 Å². The highest BCUT2D eigenvalue weighted by atomic mass is 16.2. The van der Waals surface area contributed by atoms with Crippen molar-refractivity contribution in [2.75, 3.05) is 18.5 Å². The van der Waals surface area contributed by atoms with Crippen LogP contribution in [0.25, 0.3) is 0 Å². The Labute approximate surface area is 147 Å². The van der Waals surface area contributed by atoms with E-state index in [0.29, 0.717) is 13.1 Å². The highest BCUT2D eigenvalue weighted by Crippen LogP contribution is 2.27. The smallest absolute Gasteiger partial charge is 0.318 e. The van der Waals surface area contributed by atoms with Crippen molar-refractivity contribution in [2.24, 2.45) is 0 Å². The number of urea groups is 1. The van der Waals surface area contributed by atoms with E-state index in [2.05, 4.69) is 10.3 Å². The van der Waals surface area contributed by atoms with Gasteiger partial charge < -0.3 is 15.1 Å². The number of hydrogen-bond donors (Lipinski definition) is 1. The van der Waals surface area contributed by atoms with Gasteiger partial charge in [-0.25, -0.2) is 4.79 Å². The fourth-order valence-corrected chi connectivity index (χ4v) is 2.99. The lowest BCUT2D eigenvalue weighted by molar-refractivity contribution is -0.119. The largest absolute Gasteiger partial charge is 0.326 e. The molecule has 2 aromatic rings. The second-order valence-corrected chi connectivity index (χ2v) is 6.25. The quantitative estimate of drug-likeness (QED) is 0.929. The van der Waals surface area contributed by atoms with E-state index in [-0.39, 0.29) is 11.9 Å². The van der Waals surface area contributed by atoms with Gasteiger partial charge in [0.1, 0.15) is 6.04 Å². The Hall–Kier alpha value is -2.89. The molecule has 3 rings (SSSR count). The number of fused-ring (bicyclic) bond motifs is 1. The number of nitrogens with one attached hydrogen (secondary N) is 1. The minimum Gasteiger partial charge on any atom is -0.326 e. The maximum absolute atomic E-state index is 12.7. The van der Waals surface area contributed by atoms with Crippen LogP contribution in [-0.2, 0) is 17.8 Å². The molecule has 0 fully saturated rings. The molecule has 0 aliphatic carbocycles. The van der Waals surface area contributed by atoms with Crippen molar-refractivity contribution < 1.29 is 9.59 Å². The molecule has 6 heteroatoms. The van der Waals surface area contributed by atoms with Crippen molar-refractivity contribution in [1.82, 2.24) is 15.2 Å². The topological polar surface area (TPSA) is 65.5 Å². The van der Waals surface area contributed by atoms with Crippen molar-refractivity contribution in [3.8, 4) is 0 Å². The Kier molecular flexibility index (Phi) is 4.97. The number of rotatable bonds is 4. The Balaban J connectivity index is 1.59. The zero-order valence-corrected chi connectivity index (χ0v) is 14.5. The normalized spacial score (nSPS) is 13.9. The Bertz CT molecular complexity index is 763. The molecule has 2 heterocycles. The second kappa shape index (κ2) is 7.34. The predicted octanol–water partition coefficient (Wildman–Crippen LogP) is 2.20. The number of pyridine rings is 1. The van der Waals surface area contributed by atoms with Gasteiger partial charge in [-0.2, -0.15) is 0 Å². The highest BCUT2D eigenvalue weighted by Gasteiger charge is 2.28. The van der Waals surface area contributed by atoms with E-state index in [9.17, 15) is 9.59 Å². The average Bonchev–Trinajstić information content (AvgIpc) is 3.05. The zero-order valence-electron chi connectivity index (χ0n) is 14.5. The number of benzene rings is 1. The minimum atomic E-state index is -0.585. The molecule has 1 aliphatic heterocycles. The third-order valence-corrected chi connectivity index (χ3v) is 4.38. The molecular weight excluding hydrogens is 316 g/mol. The van der Waals surface area contributed by atoms with Crippen LogP contribution in [0.4, 0.5) is 10.5 Å². The first-order valence-electron chi connectivity index (χ1n) is 8.36. The summed E-state index contributed by atoms with van der Waals surface area (Å²) in [6.07, 6.45) is 4.24. The summed E-state index contributed by atoms with van der Waals surface area (Å²) in [6.45, 7) is 2.84. The van der Waals surface area contributed by atoms with Gasteiger partial charge in [-0.1, -0.05) is 18.2 Å². The third-order valence-electron chi connectivity index (χ3n) is 4.38. The molecule has 130 valence electrons. The Morgan fingerprint density at radius 1 is 1.24 bits per heavy atom. The van der Waals surface area contributed by atoms with Gasteiger partial charge in [-0.15, -0.1) is 0 Å². The van der Waals surface area contributed by atoms with Crippen LogP contribution in [0.3, 0.4) is 0 Å². The number of hydrogen-bond acceptors (Lipinski definition) is 3. The van der Waals surface area contributed by atoms with Gasteiger partial charge in [0.15, 0.2) is 0 Å². The van der Waals surface area contributed by atoms with Crippen LogP contribution in [0.1, 0.15) is 18.1 Å². The van der Waals surface area contributed by atoms with Crippen LogP contribution in [0.2, 0.25) is 0 Å². The lowest BCUT2D eigenvalue weighted by atomic mass is 10.2. The summed E-state index contributed by atoms with van der Waals surface area (Å²) in [5.41, 5.74) is 3.10. The van der Waals surface area contributed by atoms with Gasteiger partial charge >= 0.3 is 6.03 Å². The first-order valence-corrected chi connectivity index (χ1v) is 8.36. The molecule has 1 aromatic carbocycles. The summed E-state index contributed by atoms with van der Waals surface area (Å²) in [5.74, 6) is -0.0874. The average molecular weight is 338 g/mol. The summed E-state index contributed by atoms with van der Waals surface area (Å²) in [4.78, 5) is 32.3. The number of carbonyl (C=O) groups is 2. The molecule has 25 heavy (non-hydrogen) atoms. The molecule has 0 bridgehead atoms. The summed E-state index contributed by atoms with van der Waals surface area (Å²) < 4.78 is 0. The number of amides is 3. The fraction of sp³-hybridized carbons (Fsp3) is 0.316. The third kappa shape index (κ3) is 3.79. The first-order chi connectivity index (χ1) is 12.1. The fourth-order valence-electron chi connectivity index (χ4n) is 2.99. The van der Waals surface area contributed by atoms with E-state index in [1.54, 1.807) is 36.2 Å². The molecule has 6 nitrogen and oxygen atoms in total. The molecule has 0 radical (unpaired) electrons. The SMILES string of the molecule is CC(NC(=O)N(C)Cc1ccncc1)C(=O)N1CCc2ccccc21. The van der Waals surface area contributed by atoms with E-state index in [4.69, 9.17) is 0 Å². The molecule has 0 saturated carbocycles. The monoisotopic (exact) mass is 338 g/mol. The van der Waals surface area contributed by atoms with E-state index in [1.165, 1.54) is 5.56 Å². The number of nitrogens with zero attached hydrogens (tertiary/aromatic N) is 3. The number of carbonyl (C=O) groups excluding carboxylic acids is 2. The molecule has 1 aliphatic rings. The molecular formula is C19H22N4O2. The van der Waals surface area contributed by atoms with Crippen LogP contribution >= 0.6 is 0 Å². The van der Waals surface area contributed by atoms with Gasteiger partial charge in [-0.3, -0.25) is 9.78 Å². The predicted molar refractivity (Wildman–Crippen MR) is 96.2 cm³/mol. The second-order valence-electron chi connectivity index (χ2n) is 6.25. The summed E-state index contributed by atoms with van der Waals surface area (Å²) in [6, 6.07) is 10.8. The standard InChI is InChI=1S/C19H22N4O2/c1-14(18(24)23-12-9-16-5-3-4-6-17(16)23)21-19(25)22(2)13-15-7-10-20-11-8-15/h3-8,10-11,14H,9,12-13H2,1-2H3,(H,21,25). The maximum Gasteiger partial charge on any atom is 0.318 e. The molecule has 0 saturated heterocycles. The molecule has 1 N–H and O–H groups in total. The van der Waals surface area contributed by atoms with Gasteiger partial charge in [-0.05, 0) is 42.7 Å². The van der Waals surface area contributed by atoms with Crippen LogP contribution in [-0.4, -0.2) is 41.5 Å². The van der Waals surface area contributed by atoms with Gasteiger partial charge in [0, 0.05) is 38.2 Å². The van der Waals surface area contributed by atoms with Crippen molar-refractivity contribution in [2.45, 2.75) is 25.9 Å². The highest BCUT2D eigenvalue weighted by molar-refractivity contribution is 6.00. The minimum absolute atomic E-state index is 0.0874. The Morgan fingerprint density at radius 2 is 1.96 bits per heavy atom. The van der Waals surface area contributed by atoms with Crippen molar-refractivity contribution >= 4 is 17.6 Å². The number of para-hydroxylation sites is 1. The number of aromatic nitrogens is 1. The summed E-state index contributed by atoms with van der Waals surface area (Å²) in [7, 11) is 1.71. The van der Waals surface area contributed by atoms with Crippen molar-refractivity contribution in [3.05, 3.63) is 59.9 Å². The van der Waals surface area contributed by atoms with Gasteiger partial charge in [0.2, 0.25) is 5.91 Å². The van der Waals surface area contributed by atoms with E-state index >= 15 is 0 Å².